The minimum Gasteiger partial charge on any atom is -0.476 e. The minimum atomic E-state index is -1.09. The van der Waals surface area contributed by atoms with Crippen LogP contribution >= 0.6 is 11.3 Å². The molecule has 0 saturated carbocycles. The number of carboxylic acids is 1. The van der Waals surface area contributed by atoms with Crippen LogP contribution in [0.5, 0.6) is 0 Å². The van der Waals surface area contributed by atoms with Crippen LogP contribution in [0.1, 0.15) is 16.2 Å². The first-order valence-corrected chi connectivity index (χ1v) is 9.33. The molecular formula is C18H17FN4O3S. The molecule has 0 spiro atoms. The van der Waals surface area contributed by atoms with Crippen molar-refractivity contribution in [3.8, 4) is 10.6 Å². The molecule has 27 heavy (non-hydrogen) atoms. The summed E-state index contributed by atoms with van der Waals surface area (Å²) in [5, 5.41) is 11.8. The molecule has 2 aromatic heterocycles. The predicted molar refractivity (Wildman–Crippen MR) is 98.5 cm³/mol. The van der Waals surface area contributed by atoms with Crippen LogP contribution in [0.25, 0.3) is 10.6 Å². The van der Waals surface area contributed by atoms with E-state index in [0.29, 0.717) is 19.1 Å². The monoisotopic (exact) mass is 388 g/mol. The third-order valence-electron chi connectivity index (χ3n) is 4.38. The number of aromatic nitrogens is 2. The summed E-state index contributed by atoms with van der Waals surface area (Å²) >= 11 is 1.55. The van der Waals surface area contributed by atoms with Gasteiger partial charge in [-0.05, 0) is 24.3 Å². The number of aromatic carboxylic acids is 1. The van der Waals surface area contributed by atoms with E-state index in [9.17, 15) is 9.18 Å². The number of hydrogen-bond acceptors (Lipinski definition) is 7. The highest BCUT2D eigenvalue weighted by molar-refractivity contribution is 7.13. The number of anilines is 1. The molecule has 3 heterocycles. The molecule has 1 aromatic carbocycles. The van der Waals surface area contributed by atoms with Gasteiger partial charge in [-0.1, -0.05) is 0 Å². The Kier molecular flexibility index (Phi) is 4.87. The van der Waals surface area contributed by atoms with Gasteiger partial charge >= 0.3 is 5.97 Å². The first kappa shape index (κ1) is 17.6. The van der Waals surface area contributed by atoms with E-state index < -0.39 is 5.97 Å². The summed E-state index contributed by atoms with van der Waals surface area (Å²) in [5.74, 6) is -1.35. The molecule has 4 rings (SSSR count). The molecule has 1 aliphatic heterocycles. The van der Waals surface area contributed by atoms with E-state index in [-0.39, 0.29) is 11.5 Å². The lowest BCUT2D eigenvalue weighted by Crippen LogP contribution is -2.46. The zero-order chi connectivity index (χ0) is 18.8. The highest BCUT2D eigenvalue weighted by Crippen LogP contribution is 2.25. The van der Waals surface area contributed by atoms with E-state index in [2.05, 4.69) is 14.9 Å². The Morgan fingerprint density at radius 3 is 2.59 bits per heavy atom. The number of nitrogens with zero attached hydrogens (tertiary/aromatic N) is 4. The first-order chi connectivity index (χ1) is 13.1. The van der Waals surface area contributed by atoms with Gasteiger partial charge in [0.1, 0.15) is 17.1 Å². The molecule has 0 atom stereocenters. The van der Waals surface area contributed by atoms with Gasteiger partial charge in [-0.3, -0.25) is 4.90 Å². The number of oxazole rings is 1. The summed E-state index contributed by atoms with van der Waals surface area (Å²) in [6.45, 7) is 3.74. The molecule has 0 aliphatic carbocycles. The molecule has 0 bridgehead atoms. The standard InChI is InChI=1S/C18H17FN4O3S/c19-13-3-1-12(2-4-13)16-20-14(11-27-16)9-22-5-7-23(8-6-22)18-21-15(10-26-18)17(24)25/h1-4,10-11H,5-9H2,(H,24,25). The number of benzene rings is 1. The highest BCUT2D eigenvalue weighted by atomic mass is 32.1. The predicted octanol–water partition coefficient (Wildman–Crippen LogP) is 2.96. The van der Waals surface area contributed by atoms with Crippen molar-refractivity contribution in [2.24, 2.45) is 0 Å². The third-order valence-corrected chi connectivity index (χ3v) is 5.32. The highest BCUT2D eigenvalue weighted by Gasteiger charge is 2.22. The number of rotatable bonds is 5. The molecule has 0 amide bonds. The zero-order valence-electron chi connectivity index (χ0n) is 14.3. The van der Waals surface area contributed by atoms with Crippen molar-refractivity contribution in [1.82, 2.24) is 14.9 Å². The molecular weight excluding hydrogens is 371 g/mol. The van der Waals surface area contributed by atoms with Gasteiger partial charge in [-0.25, -0.2) is 14.2 Å². The molecule has 7 nitrogen and oxygen atoms in total. The van der Waals surface area contributed by atoms with Crippen molar-refractivity contribution >= 4 is 23.3 Å². The van der Waals surface area contributed by atoms with Crippen molar-refractivity contribution in [2.75, 3.05) is 31.1 Å². The number of carboxylic acid groups (broad SMARTS) is 1. The van der Waals surface area contributed by atoms with Crippen LogP contribution < -0.4 is 4.90 Å². The van der Waals surface area contributed by atoms with Crippen molar-refractivity contribution in [3.05, 3.63) is 53.1 Å². The molecule has 0 unspecified atom stereocenters. The average molecular weight is 388 g/mol. The van der Waals surface area contributed by atoms with Crippen LogP contribution in [0, 0.1) is 5.82 Å². The van der Waals surface area contributed by atoms with Gasteiger partial charge in [-0.2, -0.15) is 4.98 Å². The molecule has 9 heteroatoms. The lowest BCUT2D eigenvalue weighted by Gasteiger charge is -2.33. The summed E-state index contributed by atoms with van der Waals surface area (Å²) < 4.78 is 18.3. The van der Waals surface area contributed by atoms with Crippen LogP contribution in [0.3, 0.4) is 0 Å². The Balaban J connectivity index is 1.34. The summed E-state index contributed by atoms with van der Waals surface area (Å²) in [7, 11) is 0. The fourth-order valence-electron chi connectivity index (χ4n) is 2.94. The molecule has 1 fully saturated rings. The van der Waals surface area contributed by atoms with Crippen molar-refractivity contribution in [2.45, 2.75) is 6.54 Å². The van der Waals surface area contributed by atoms with Crippen molar-refractivity contribution < 1.29 is 18.7 Å². The van der Waals surface area contributed by atoms with Gasteiger partial charge in [0.15, 0.2) is 5.69 Å². The average Bonchev–Trinajstić information content (AvgIpc) is 3.33. The van der Waals surface area contributed by atoms with E-state index in [0.717, 1.165) is 42.2 Å². The molecule has 3 aromatic rings. The summed E-state index contributed by atoms with van der Waals surface area (Å²) in [5.41, 5.74) is 1.82. The quantitative estimate of drug-likeness (QED) is 0.719. The number of halogens is 1. The third kappa shape index (κ3) is 3.99. The number of hydrogen-bond donors (Lipinski definition) is 1. The second kappa shape index (κ2) is 7.45. The summed E-state index contributed by atoms with van der Waals surface area (Å²) in [6.07, 6.45) is 1.16. The van der Waals surface area contributed by atoms with E-state index in [1.807, 2.05) is 10.3 Å². The van der Waals surface area contributed by atoms with Crippen LogP contribution in [-0.2, 0) is 6.54 Å². The lowest BCUT2D eigenvalue weighted by atomic mass is 10.2. The Hall–Kier alpha value is -2.78. The minimum absolute atomic E-state index is 0.0803. The van der Waals surface area contributed by atoms with E-state index in [4.69, 9.17) is 9.52 Å². The van der Waals surface area contributed by atoms with Crippen molar-refractivity contribution in [1.29, 1.82) is 0 Å². The van der Waals surface area contributed by atoms with Crippen LogP contribution in [0.4, 0.5) is 10.4 Å². The van der Waals surface area contributed by atoms with Crippen molar-refractivity contribution in [3.63, 3.8) is 0 Å². The Labute approximate surface area is 158 Å². The normalized spacial score (nSPS) is 15.2. The molecule has 140 valence electrons. The van der Waals surface area contributed by atoms with Gasteiger partial charge in [-0.15, -0.1) is 11.3 Å². The van der Waals surface area contributed by atoms with Gasteiger partial charge in [0.05, 0.1) is 5.69 Å². The molecule has 1 saturated heterocycles. The summed E-state index contributed by atoms with van der Waals surface area (Å²) in [4.78, 5) is 23.8. The summed E-state index contributed by atoms with van der Waals surface area (Å²) in [6, 6.07) is 6.69. The van der Waals surface area contributed by atoms with E-state index >= 15 is 0 Å². The largest absolute Gasteiger partial charge is 0.476 e. The number of thiazole rings is 1. The molecule has 0 radical (unpaired) electrons. The zero-order valence-corrected chi connectivity index (χ0v) is 15.2. The fraction of sp³-hybridized carbons (Fsp3) is 0.278. The van der Waals surface area contributed by atoms with Gasteiger partial charge in [0.2, 0.25) is 0 Å². The number of carbonyl (C=O) groups is 1. The number of piperazine rings is 1. The van der Waals surface area contributed by atoms with Crippen LogP contribution in [0.15, 0.2) is 40.3 Å². The Bertz CT molecular complexity index is 932. The topological polar surface area (TPSA) is 82.7 Å². The molecule has 1 N–H and O–H groups in total. The maximum Gasteiger partial charge on any atom is 0.357 e. The Morgan fingerprint density at radius 1 is 1.19 bits per heavy atom. The smallest absolute Gasteiger partial charge is 0.357 e. The van der Waals surface area contributed by atoms with Crippen LogP contribution in [0.2, 0.25) is 0 Å². The first-order valence-electron chi connectivity index (χ1n) is 8.45. The maximum atomic E-state index is 13.0. The van der Waals surface area contributed by atoms with Gasteiger partial charge < -0.3 is 14.4 Å². The second-order valence-corrected chi connectivity index (χ2v) is 7.09. The fourth-order valence-corrected chi connectivity index (χ4v) is 3.76. The molecule has 1 aliphatic rings. The maximum absolute atomic E-state index is 13.0. The van der Waals surface area contributed by atoms with E-state index in [1.165, 1.54) is 12.1 Å². The van der Waals surface area contributed by atoms with Crippen LogP contribution in [-0.4, -0.2) is 52.1 Å². The SMILES string of the molecule is O=C(O)c1coc(N2CCN(Cc3csc(-c4ccc(F)cc4)n3)CC2)n1. The van der Waals surface area contributed by atoms with Gasteiger partial charge in [0.25, 0.3) is 6.01 Å². The van der Waals surface area contributed by atoms with Gasteiger partial charge in [0, 0.05) is 43.7 Å². The lowest BCUT2D eigenvalue weighted by molar-refractivity contribution is 0.0690. The Morgan fingerprint density at radius 2 is 1.93 bits per heavy atom. The van der Waals surface area contributed by atoms with E-state index in [1.54, 1.807) is 23.5 Å². The second-order valence-electron chi connectivity index (χ2n) is 6.23.